The number of nitrogens with zero attached hydrogens (tertiary/aromatic N) is 3. The molecule has 0 saturated heterocycles. The third-order valence-corrected chi connectivity index (χ3v) is 8.04. The summed E-state index contributed by atoms with van der Waals surface area (Å²) in [4.78, 5) is 44.8. The van der Waals surface area contributed by atoms with Gasteiger partial charge in [0, 0.05) is 6.54 Å². The van der Waals surface area contributed by atoms with Gasteiger partial charge in [-0.05, 0) is 49.9 Å². The minimum absolute atomic E-state index is 0.196. The lowest BCUT2D eigenvalue weighted by atomic mass is 10.1. The summed E-state index contributed by atoms with van der Waals surface area (Å²) in [5.74, 6) is -0.267. The molecule has 1 N–H and O–H groups in total. The highest BCUT2D eigenvalue weighted by molar-refractivity contribution is 7.22. The molecule has 0 aliphatic heterocycles. The molecule has 0 spiro atoms. The van der Waals surface area contributed by atoms with E-state index < -0.39 is 22.8 Å². The molecule has 5 rings (SSSR count). The number of para-hydroxylation sites is 1. The van der Waals surface area contributed by atoms with Crippen LogP contribution in [0.15, 0.2) is 81.1 Å². The molecule has 200 valence electrons. The van der Waals surface area contributed by atoms with Crippen LogP contribution in [0.1, 0.15) is 30.5 Å². The Kier molecular flexibility index (Phi) is 6.96. The van der Waals surface area contributed by atoms with Crippen LogP contribution in [0, 0.1) is 6.92 Å². The maximum absolute atomic E-state index is 13.8. The average Bonchev–Trinajstić information content (AvgIpc) is 3.56. The molecule has 0 amide bonds. The van der Waals surface area contributed by atoms with Crippen LogP contribution in [0.2, 0.25) is 0 Å². The van der Waals surface area contributed by atoms with Gasteiger partial charge in [-0.15, -0.1) is 11.3 Å². The molecule has 0 atom stereocenters. The van der Waals surface area contributed by atoms with Gasteiger partial charge in [-0.1, -0.05) is 48.5 Å². The number of fused-ring (bicyclic) bond motifs is 1. The number of hydrogen-bond donors (Lipinski definition) is 1. The van der Waals surface area contributed by atoms with Gasteiger partial charge in [-0.3, -0.25) is 9.36 Å². The fourth-order valence-corrected chi connectivity index (χ4v) is 5.75. The van der Waals surface area contributed by atoms with Crippen molar-refractivity contribution in [3.05, 3.63) is 105 Å². The molecular weight excluding hydrogens is 518 g/mol. The van der Waals surface area contributed by atoms with Gasteiger partial charge in [0.2, 0.25) is 5.89 Å². The highest BCUT2D eigenvalue weighted by Gasteiger charge is 2.35. The van der Waals surface area contributed by atoms with Gasteiger partial charge in [0.15, 0.2) is 0 Å². The van der Waals surface area contributed by atoms with Crippen molar-refractivity contribution in [2.24, 2.45) is 0 Å². The average molecular weight is 546 g/mol. The predicted molar refractivity (Wildman–Crippen MR) is 148 cm³/mol. The SMILES string of the molecule is Cc1c(-c2ncco2)sc2c1c(=O)n(C(C)(C)C(=O)O)c(=O)n2CCc1ccccc1OCc1ccccc1. The number of carboxylic acids is 1. The van der Waals surface area contributed by atoms with Crippen molar-refractivity contribution in [1.29, 1.82) is 0 Å². The number of rotatable bonds is 9. The monoisotopic (exact) mass is 545 g/mol. The van der Waals surface area contributed by atoms with E-state index in [2.05, 4.69) is 4.98 Å². The molecule has 3 heterocycles. The molecule has 3 aromatic heterocycles. The van der Waals surface area contributed by atoms with Gasteiger partial charge in [0.25, 0.3) is 5.56 Å². The Balaban J connectivity index is 1.60. The van der Waals surface area contributed by atoms with Crippen LogP contribution < -0.4 is 16.0 Å². The fraction of sp³-hybridized carbons (Fsp3) is 0.241. The molecule has 10 heteroatoms. The smallest absolute Gasteiger partial charge is 0.333 e. The molecule has 0 fully saturated rings. The highest BCUT2D eigenvalue weighted by atomic mass is 32.1. The Hall–Kier alpha value is -4.44. The second-order valence-corrected chi connectivity index (χ2v) is 10.6. The maximum Gasteiger partial charge on any atom is 0.333 e. The Morgan fingerprint density at radius 3 is 2.51 bits per heavy atom. The predicted octanol–water partition coefficient (Wildman–Crippen LogP) is 4.83. The largest absolute Gasteiger partial charge is 0.489 e. The van der Waals surface area contributed by atoms with E-state index in [9.17, 15) is 19.5 Å². The Labute approximate surface area is 227 Å². The zero-order chi connectivity index (χ0) is 27.7. The van der Waals surface area contributed by atoms with Crippen LogP contribution in [0.5, 0.6) is 5.75 Å². The van der Waals surface area contributed by atoms with Crippen molar-refractivity contribution in [2.45, 2.75) is 45.9 Å². The third-order valence-electron chi connectivity index (χ3n) is 6.74. The molecule has 9 nitrogen and oxygen atoms in total. The van der Waals surface area contributed by atoms with E-state index in [4.69, 9.17) is 9.15 Å². The lowest BCUT2D eigenvalue weighted by Crippen LogP contribution is -2.52. The first kappa shape index (κ1) is 26.2. The summed E-state index contributed by atoms with van der Waals surface area (Å²) in [6.45, 7) is 5.03. The number of aliphatic carboxylic acids is 1. The van der Waals surface area contributed by atoms with E-state index in [1.165, 1.54) is 42.2 Å². The summed E-state index contributed by atoms with van der Waals surface area (Å²) in [5.41, 5.74) is -0.623. The quantitative estimate of drug-likeness (QED) is 0.282. The van der Waals surface area contributed by atoms with Crippen molar-refractivity contribution in [1.82, 2.24) is 14.1 Å². The van der Waals surface area contributed by atoms with Crippen LogP contribution in [0.4, 0.5) is 0 Å². The van der Waals surface area contributed by atoms with Crippen molar-refractivity contribution < 1.29 is 19.1 Å². The third kappa shape index (κ3) is 4.79. The van der Waals surface area contributed by atoms with Gasteiger partial charge in [-0.2, -0.15) is 0 Å². The molecule has 0 aliphatic carbocycles. The minimum Gasteiger partial charge on any atom is -0.489 e. The van der Waals surface area contributed by atoms with E-state index in [-0.39, 0.29) is 11.9 Å². The van der Waals surface area contributed by atoms with Crippen LogP contribution >= 0.6 is 11.3 Å². The molecule has 0 saturated carbocycles. The van der Waals surface area contributed by atoms with Gasteiger partial charge >= 0.3 is 11.7 Å². The molecule has 0 aliphatic rings. The van der Waals surface area contributed by atoms with Crippen molar-refractivity contribution in [3.63, 3.8) is 0 Å². The molecule has 39 heavy (non-hydrogen) atoms. The summed E-state index contributed by atoms with van der Waals surface area (Å²) in [6.07, 6.45) is 3.35. The maximum atomic E-state index is 13.8. The Morgan fingerprint density at radius 2 is 1.82 bits per heavy atom. The summed E-state index contributed by atoms with van der Waals surface area (Å²) in [5, 5.41) is 10.2. The Bertz CT molecular complexity index is 1760. The van der Waals surface area contributed by atoms with Crippen molar-refractivity contribution in [3.8, 4) is 16.5 Å². The second kappa shape index (κ2) is 10.4. The second-order valence-electron chi connectivity index (χ2n) is 9.64. The first-order chi connectivity index (χ1) is 18.7. The first-order valence-corrected chi connectivity index (χ1v) is 13.2. The molecule has 5 aromatic rings. The van der Waals surface area contributed by atoms with E-state index in [1.807, 2.05) is 54.6 Å². The zero-order valence-electron chi connectivity index (χ0n) is 21.7. The first-order valence-electron chi connectivity index (χ1n) is 12.4. The molecule has 0 radical (unpaired) electrons. The van der Waals surface area contributed by atoms with E-state index in [0.29, 0.717) is 39.9 Å². The summed E-state index contributed by atoms with van der Waals surface area (Å²) < 4.78 is 13.9. The number of ether oxygens (including phenoxy) is 1. The summed E-state index contributed by atoms with van der Waals surface area (Å²) in [7, 11) is 0. The van der Waals surface area contributed by atoms with Crippen LogP contribution in [-0.2, 0) is 29.9 Å². The summed E-state index contributed by atoms with van der Waals surface area (Å²) in [6, 6.07) is 17.4. The molecule has 0 bridgehead atoms. The number of carboxylic acid groups (broad SMARTS) is 1. The molecular formula is C29H27N3O6S. The van der Waals surface area contributed by atoms with Gasteiger partial charge in [0.1, 0.15) is 29.0 Å². The molecule has 0 unspecified atom stereocenters. The number of aryl methyl sites for hydroxylation is 3. The van der Waals surface area contributed by atoms with Gasteiger partial charge in [-0.25, -0.2) is 19.1 Å². The Morgan fingerprint density at radius 1 is 1.10 bits per heavy atom. The topological polar surface area (TPSA) is 117 Å². The summed E-state index contributed by atoms with van der Waals surface area (Å²) >= 11 is 1.23. The normalized spacial score (nSPS) is 11.7. The van der Waals surface area contributed by atoms with Crippen molar-refractivity contribution >= 4 is 27.5 Å². The lowest BCUT2D eigenvalue weighted by molar-refractivity contribution is -0.146. The van der Waals surface area contributed by atoms with E-state index >= 15 is 0 Å². The number of aromatic nitrogens is 3. The van der Waals surface area contributed by atoms with Crippen LogP contribution in [-0.4, -0.2) is 25.2 Å². The molecule has 2 aromatic carbocycles. The number of benzene rings is 2. The van der Waals surface area contributed by atoms with E-state index in [1.54, 1.807) is 6.92 Å². The number of oxazole rings is 1. The van der Waals surface area contributed by atoms with Crippen LogP contribution in [0.3, 0.4) is 0 Å². The van der Waals surface area contributed by atoms with Crippen LogP contribution in [0.25, 0.3) is 21.0 Å². The number of carbonyl (C=O) groups is 1. The number of thiophene rings is 1. The van der Waals surface area contributed by atoms with Gasteiger partial charge < -0.3 is 14.3 Å². The standard InChI is InChI=1S/C29H27N3O6S/c1-18-22-25(33)32(29(2,3)27(34)35)28(36)31(26(22)39-23(18)24-30-14-16-37-24)15-13-20-11-7-8-12-21(20)38-17-19-9-5-4-6-10-19/h4-12,14,16H,13,15,17H2,1-3H3,(H,34,35). The highest BCUT2D eigenvalue weighted by Crippen LogP contribution is 2.36. The van der Waals surface area contributed by atoms with Crippen molar-refractivity contribution in [2.75, 3.05) is 0 Å². The number of hydrogen-bond acceptors (Lipinski definition) is 7. The minimum atomic E-state index is -1.77. The lowest BCUT2D eigenvalue weighted by Gasteiger charge is -2.23. The fourth-order valence-electron chi connectivity index (χ4n) is 4.49. The van der Waals surface area contributed by atoms with E-state index in [0.717, 1.165) is 15.7 Å². The van der Waals surface area contributed by atoms with Gasteiger partial charge in [0.05, 0.1) is 16.5 Å². The zero-order valence-corrected chi connectivity index (χ0v) is 22.5.